The Morgan fingerprint density at radius 3 is 1.85 bits per heavy atom. The fourth-order valence-electron chi connectivity index (χ4n) is 1.81. The van der Waals surface area contributed by atoms with Gasteiger partial charge in [-0.15, -0.1) is 0 Å². The normalized spacial score (nSPS) is 12.0. The van der Waals surface area contributed by atoms with Gasteiger partial charge in [-0.05, 0) is 36.4 Å². The van der Waals surface area contributed by atoms with E-state index in [0.717, 1.165) is 42.5 Å². The lowest BCUT2D eigenvalue weighted by Gasteiger charge is -2.01. The Morgan fingerprint density at radius 1 is 0.846 bits per heavy atom. The van der Waals surface area contributed by atoms with Gasteiger partial charge in [-0.25, -0.2) is 30.7 Å². The average molecular weight is 385 g/mol. The van der Waals surface area contributed by atoms with E-state index in [2.05, 4.69) is 0 Å². The van der Waals surface area contributed by atoms with E-state index in [-0.39, 0.29) is 11.1 Å². The van der Waals surface area contributed by atoms with Crippen LogP contribution in [0.1, 0.15) is 11.1 Å². The number of carbonyl (C=O) groups is 1. The Labute approximate surface area is 146 Å². The average Bonchev–Trinajstić information content (AvgIpc) is 2.52. The van der Waals surface area contributed by atoms with Crippen LogP contribution in [-0.4, -0.2) is 14.3 Å². The summed E-state index contributed by atoms with van der Waals surface area (Å²) in [5.41, 5.74) is -0.323. The van der Waals surface area contributed by atoms with E-state index < -0.39 is 39.2 Å². The molecule has 2 aromatic carbocycles. The van der Waals surface area contributed by atoms with Crippen LogP contribution in [0.5, 0.6) is 0 Å². The molecule has 2 aromatic rings. The van der Waals surface area contributed by atoms with Crippen LogP contribution in [0, 0.1) is 23.3 Å². The predicted octanol–water partition coefficient (Wildman–Crippen LogP) is 3.37. The van der Waals surface area contributed by atoms with Crippen LogP contribution in [0.4, 0.5) is 17.6 Å². The molecule has 0 spiro atoms. The minimum atomic E-state index is -4.27. The monoisotopic (exact) mass is 385 g/mol. The lowest BCUT2D eigenvalue weighted by molar-refractivity contribution is -0.114. The molecule has 1 N–H and O–H groups in total. The van der Waals surface area contributed by atoms with Crippen molar-refractivity contribution in [3.8, 4) is 0 Å². The number of rotatable bonds is 5. The van der Waals surface area contributed by atoms with Gasteiger partial charge in [0.15, 0.2) is 0 Å². The van der Waals surface area contributed by atoms with Gasteiger partial charge in [0.2, 0.25) is 0 Å². The molecule has 26 heavy (non-hydrogen) atoms. The molecule has 0 aliphatic heterocycles. The minimum absolute atomic E-state index is 0.122. The molecular weight excluding hydrogens is 374 g/mol. The van der Waals surface area contributed by atoms with E-state index in [1.807, 2.05) is 0 Å². The molecule has 0 aliphatic carbocycles. The predicted molar refractivity (Wildman–Crippen MR) is 87.8 cm³/mol. The lowest BCUT2D eigenvalue weighted by Crippen LogP contribution is -2.26. The van der Waals surface area contributed by atoms with Crippen LogP contribution in [0.15, 0.2) is 47.9 Å². The number of sulfonamides is 1. The summed E-state index contributed by atoms with van der Waals surface area (Å²) in [5, 5.41) is 0.521. The highest BCUT2D eigenvalue weighted by Gasteiger charge is 2.10. The fraction of sp³-hybridized carbons (Fsp3) is 0. The van der Waals surface area contributed by atoms with Gasteiger partial charge in [0.1, 0.15) is 23.3 Å². The molecule has 0 aromatic heterocycles. The second-order valence-corrected chi connectivity index (χ2v) is 6.55. The molecule has 0 fully saturated rings. The highest BCUT2D eigenvalue weighted by Crippen LogP contribution is 2.12. The van der Waals surface area contributed by atoms with Crippen molar-refractivity contribution in [3.63, 3.8) is 0 Å². The standard InChI is InChI=1S/C17H11F4NO3S/c18-13-4-1-11(15(20)9-13)3-6-17(23)22-26(24,25)8-7-12-2-5-14(19)10-16(12)21/h1-10H,(H,22,23). The van der Waals surface area contributed by atoms with E-state index in [1.165, 1.54) is 0 Å². The summed E-state index contributed by atoms with van der Waals surface area (Å²) in [6.07, 6.45) is 2.54. The van der Waals surface area contributed by atoms with Crippen LogP contribution in [-0.2, 0) is 14.8 Å². The minimum Gasteiger partial charge on any atom is -0.269 e. The summed E-state index contributed by atoms with van der Waals surface area (Å²) < 4.78 is 77.5. The van der Waals surface area contributed by atoms with Crippen molar-refractivity contribution < 1.29 is 30.8 Å². The summed E-state index contributed by atoms with van der Waals surface area (Å²) in [6, 6.07) is 5.18. The first kappa shape index (κ1) is 19.4. The molecule has 0 heterocycles. The number of hydrogen-bond acceptors (Lipinski definition) is 3. The van der Waals surface area contributed by atoms with E-state index >= 15 is 0 Å². The highest BCUT2D eigenvalue weighted by atomic mass is 32.2. The SMILES string of the molecule is O=C(C=Cc1ccc(F)cc1F)NS(=O)(=O)C=Cc1ccc(F)cc1F. The maximum Gasteiger partial charge on any atom is 0.257 e. The molecule has 9 heteroatoms. The molecular formula is C17H11F4NO3S. The summed E-state index contributed by atoms with van der Waals surface area (Å²) in [5.74, 6) is -4.63. The first-order valence-electron chi connectivity index (χ1n) is 6.99. The zero-order valence-corrected chi connectivity index (χ0v) is 13.7. The van der Waals surface area contributed by atoms with Gasteiger partial charge >= 0.3 is 0 Å². The molecule has 136 valence electrons. The molecule has 0 atom stereocenters. The smallest absolute Gasteiger partial charge is 0.257 e. The third kappa shape index (κ3) is 5.55. The van der Waals surface area contributed by atoms with E-state index in [4.69, 9.17) is 0 Å². The summed E-state index contributed by atoms with van der Waals surface area (Å²) in [7, 11) is -4.27. The molecule has 0 unspecified atom stereocenters. The molecule has 0 saturated heterocycles. The van der Waals surface area contributed by atoms with E-state index in [1.54, 1.807) is 4.72 Å². The van der Waals surface area contributed by atoms with Crippen molar-refractivity contribution in [1.29, 1.82) is 0 Å². The molecule has 4 nitrogen and oxygen atoms in total. The highest BCUT2D eigenvalue weighted by molar-refractivity contribution is 7.93. The Kier molecular flexibility index (Phi) is 5.93. The lowest BCUT2D eigenvalue weighted by atomic mass is 10.2. The van der Waals surface area contributed by atoms with Crippen LogP contribution < -0.4 is 4.72 Å². The Bertz CT molecular complexity index is 1000. The Balaban J connectivity index is 2.07. The molecule has 0 radical (unpaired) electrons. The third-order valence-electron chi connectivity index (χ3n) is 3.01. The summed E-state index contributed by atoms with van der Waals surface area (Å²) in [4.78, 5) is 11.6. The van der Waals surface area contributed by atoms with Gasteiger partial charge in [-0.3, -0.25) is 4.79 Å². The van der Waals surface area contributed by atoms with Crippen molar-refractivity contribution >= 4 is 28.1 Å². The van der Waals surface area contributed by atoms with Gasteiger partial charge in [0, 0.05) is 29.3 Å². The third-order valence-corrected chi connectivity index (χ3v) is 3.99. The number of nitrogens with one attached hydrogen (secondary N) is 1. The number of carbonyl (C=O) groups excluding carboxylic acids is 1. The van der Waals surface area contributed by atoms with Gasteiger partial charge in [-0.2, -0.15) is 0 Å². The number of benzene rings is 2. The van der Waals surface area contributed by atoms with Crippen molar-refractivity contribution in [3.05, 3.63) is 82.3 Å². The van der Waals surface area contributed by atoms with Gasteiger partial charge < -0.3 is 0 Å². The van der Waals surface area contributed by atoms with Crippen molar-refractivity contribution in [2.75, 3.05) is 0 Å². The van der Waals surface area contributed by atoms with Crippen LogP contribution in [0.3, 0.4) is 0 Å². The fourth-order valence-corrected chi connectivity index (χ4v) is 2.55. The van der Waals surface area contributed by atoms with Gasteiger partial charge in [0.25, 0.3) is 15.9 Å². The van der Waals surface area contributed by atoms with E-state index in [9.17, 15) is 30.8 Å². The first-order valence-corrected chi connectivity index (χ1v) is 8.54. The summed E-state index contributed by atoms with van der Waals surface area (Å²) in [6.45, 7) is 0. The molecule has 0 aliphatic rings. The Morgan fingerprint density at radius 2 is 1.35 bits per heavy atom. The summed E-state index contributed by atoms with van der Waals surface area (Å²) >= 11 is 0. The maximum absolute atomic E-state index is 13.4. The molecule has 0 saturated carbocycles. The first-order chi connectivity index (χ1) is 12.2. The van der Waals surface area contributed by atoms with Crippen molar-refractivity contribution in [2.24, 2.45) is 0 Å². The zero-order chi connectivity index (χ0) is 19.3. The largest absolute Gasteiger partial charge is 0.269 e. The number of amides is 1. The van der Waals surface area contributed by atoms with Gasteiger partial charge in [0.05, 0.1) is 5.41 Å². The zero-order valence-electron chi connectivity index (χ0n) is 12.9. The molecule has 1 amide bonds. The second-order valence-electron chi connectivity index (χ2n) is 4.98. The number of halogens is 4. The van der Waals surface area contributed by atoms with Crippen LogP contribution in [0.2, 0.25) is 0 Å². The molecule has 2 rings (SSSR count). The van der Waals surface area contributed by atoms with Crippen molar-refractivity contribution in [2.45, 2.75) is 0 Å². The quantitative estimate of drug-likeness (QED) is 0.634. The van der Waals surface area contributed by atoms with Crippen LogP contribution in [0.25, 0.3) is 12.2 Å². The van der Waals surface area contributed by atoms with Crippen LogP contribution >= 0.6 is 0 Å². The maximum atomic E-state index is 13.4. The topological polar surface area (TPSA) is 63.2 Å². The van der Waals surface area contributed by atoms with Crippen molar-refractivity contribution in [1.82, 2.24) is 4.72 Å². The Hall–Kier alpha value is -2.94. The van der Waals surface area contributed by atoms with E-state index in [0.29, 0.717) is 17.5 Å². The van der Waals surface area contributed by atoms with Gasteiger partial charge in [-0.1, -0.05) is 0 Å². The second kappa shape index (κ2) is 7.96. The number of hydrogen-bond donors (Lipinski definition) is 1. The molecule has 0 bridgehead atoms.